The summed E-state index contributed by atoms with van der Waals surface area (Å²) in [4.78, 5) is 25.9. The van der Waals surface area contributed by atoms with Crippen molar-refractivity contribution < 1.29 is 14.7 Å². The van der Waals surface area contributed by atoms with Crippen molar-refractivity contribution in [2.45, 2.75) is 25.0 Å². The monoisotopic (exact) mass is 260 g/mol. The minimum absolute atomic E-state index is 0.0162. The first-order chi connectivity index (χ1) is 8.00. The quantitative estimate of drug-likeness (QED) is 0.828. The van der Waals surface area contributed by atoms with Crippen LogP contribution in [0.5, 0.6) is 0 Å². The number of rotatable bonds is 4. The van der Waals surface area contributed by atoms with Gasteiger partial charge < -0.3 is 14.9 Å². The van der Waals surface area contributed by atoms with Crippen LogP contribution in [-0.4, -0.2) is 64.6 Å². The average molecular weight is 260 g/mol. The molecular weight excluding hydrogens is 240 g/mol. The number of nitrogens with zero attached hydrogens (tertiary/aromatic N) is 2. The first kappa shape index (κ1) is 14.2. The van der Waals surface area contributed by atoms with Gasteiger partial charge in [-0.15, -0.1) is 0 Å². The average Bonchev–Trinajstić information content (AvgIpc) is 2.27. The Balaban J connectivity index is 2.32. The number of carbonyl (C=O) groups excluding carboxylic acids is 1. The van der Waals surface area contributed by atoms with Gasteiger partial charge in [-0.1, -0.05) is 6.92 Å². The lowest BCUT2D eigenvalue weighted by atomic mass is 10.3. The van der Waals surface area contributed by atoms with E-state index in [0.29, 0.717) is 18.2 Å². The van der Waals surface area contributed by atoms with Crippen molar-refractivity contribution in [3.63, 3.8) is 0 Å². The molecule has 1 heterocycles. The highest BCUT2D eigenvalue weighted by molar-refractivity contribution is 7.99. The highest BCUT2D eigenvalue weighted by Gasteiger charge is 2.23. The molecule has 5 nitrogen and oxygen atoms in total. The van der Waals surface area contributed by atoms with Gasteiger partial charge >= 0.3 is 12.0 Å². The summed E-state index contributed by atoms with van der Waals surface area (Å²) in [6.07, 6.45) is 0.625. The first-order valence-electron chi connectivity index (χ1n) is 5.84. The van der Waals surface area contributed by atoms with E-state index in [1.54, 1.807) is 11.9 Å². The van der Waals surface area contributed by atoms with Gasteiger partial charge in [-0.3, -0.25) is 4.79 Å². The number of carboxylic acids is 1. The Hall–Kier alpha value is -0.910. The zero-order valence-electron chi connectivity index (χ0n) is 10.4. The number of carboxylic acid groups (broad SMARTS) is 1. The van der Waals surface area contributed by atoms with Gasteiger partial charge in [0.15, 0.2) is 0 Å². The zero-order valence-corrected chi connectivity index (χ0v) is 11.2. The molecular formula is C11H20N2O3S. The number of urea groups is 1. The van der Waals surface area contributed by atoms with E-state index in [9.17, 15) is 9.59 Å². The predicted molar refractivity (Wildman–Crippen MR) is 68.4 cm³/mol. The molecule has 1 fully saturated rings. The fourth-order valence-corrected chi connectivity index (χ4v) is 2.81. The van der Waals surface area contributed by atoms with Crippen LogP contribution in [0, 0.1) is 0 Å². The van der Waals surface area contributed by atoms with E-state index in [2.05, 4.69) is 6.92 Å². The van der Waals surface area contributed by atoms with Crippen molar-refractivity contribution in [3.8, 4) is 0 Å². The van der Waals surface area contributed by atoms with Crippen molar-refractivity contribution in [2.24, 2.45) is 0 Å². The molecule has 1 atom stereocenters. The highest BCUT2D eigenvalue weighted by Crippen LogP contribution is 2.18. The second kappa shape index (κ2) is 6.74. The largest absolute Gasteiger partial charge is 0.481 e. The normalized spacial score (nSPS) is 20.1. The SMILES string of the molecule is CC1CN(C(=O)N(C)CCCC(=O)O)CCS1. The molecule has 0 aromatic rings. The summed E-state index contributed by atoms with van der Waals surface area (Å²) in [6.45, 7) is 4.20. The third-order valence-corrected chi connectivity index (χ3v) is 3.86. The first-order valence-corrected chi connectivity index (χ1v) is 6.89. The molecule has 98 valence electrons. The van der Waals surface area contributed by atoms with Crippen LogP contribution in [0.4, 0.5) is 4.79 Å². The van der Waals surface area contributed by atoms with E-state index in [0.717, 1.165) is 18.8 Å². The van der Waals surface area contributed by atoms with E-state index < -0.39 is 5.97 Å². The summed E-state index contributed by atoms with van der Waals surface area (Å²) in [5.41, 5.74) is 0. The Labute approximate surface area is 106 Å². The van der Waals surface area contributed by atoms with Crippen LogP contribution in [0.15, 0.2) is 0 Å². The number of thioether (sulfide) groups is 1. The maximum atomic E-state index is 12.0. The van der Waals surface area contributed by atoms with Crippen molar-refractivity contribution in [1.82, 2.24) is 9.80 Å². The molecule has 6 heteroatoms. The third-order valence-electron chi connectivity index (χ3n) is 2.72. The second-order valence-electron chi connectivity index (χ2n) is 4.33. The van der Waals surface area contributed by atoms with Gasteiger partial charge in [-0.2, -0.15) is 11.8 Å². The van der Waals surface area contributed by atoms with Crippen LogP contribution in [0.25, 0.3) is 0 Å². The Bertz CT molecular complexity index is 286. The standard InChI is InChI=1S/C11H20N2O3S/c1-9-8-13(6-7-17-9)11(16)12(2)5-3-4-10(14)15/h9H,3-8H2,1-2H3,(H,14,15). The van der Waals surface area contributed by atoms with Gasteiger partial charge in [-0.05, 0) is 6.42 Å². The number of hydrogen-bond acceptors (Lipinski definition) is 3. The smallest absolute Gasteiger partial charge is 0.319 e. The molecule has 1 unspecified atom stereocenters. The molecule has 2 amide bonds. The molecule has 1 saturated heterocycles. The number of hydrogen-bond donors (Lipinski definition) is 1. The van der Waals surface area contributed by atoms with Crippen LogP contribution in [-0.2, 0) is 4.79 Å². The minimum Gasteiger partial charge on any atom is -0.481 e. The van der Waals surface area contributed by atoms with Crippen molar-refractivity contribution in [3.05, 3.63) is 0 Å². The van der Waals surface area contributed by atoms with Gasteiger partial charge in [0.05, 0.1) is 0 Å². The molecule has 1 aliphatic rings. The third kappa shape index (κ3) is 4.85. The van der Waals surface area contributed by atoms with Gasteiger partial charge in [0.2, 0.25) is 0 Å². The van der Waals surface area contributed by atoms with Crippen LogP contribution in [0.1, 0.15) is 19.8 Å². The summed E-state index contributed by atoms with van der Waals surface area (Å²) in [5.74, 6) is 0.171. The van der Waals surface area contributed by atoms with Gasteiger partial charge in [0, 0.05) is 44.1 Å². The minimum atomic E-state index is -0.811. The molecule has 1 rings (SSSR count). The Morgan fingerprint density at radius 1 is 1.53 bits per heavy atom. The van der Waals surface area contributed by atoms with Crippen LogP contribution in [0.3, 0.4) is 0 Å². The summed E-state index contributed by atoms with van der Waals surface area (Å²) in [6, 6.07) is 0.0162. The van der Waals surface area contributed by atoms with Crippen LogP contribution >= 0.6 is 11.8 Å². The lowest BCUT2D eigenvalue weighted by Crippen LogP contribution is -2.47. The number of aliphatic carboxylic acids is 1. The van der Waals surface area contributed by atoms with Gasteiger partial charge in [0.1, 0.15) is 0 Å². The maximum Gasteiger partial charge on any atom is 0.319 e. The molecule has 0 radical (unpaired) electrons. The Morgan fingerprint density at radius 2 is 2.24 bits per heavy atom. The van der Waals surface area contributed by atoms with Crippen molar-refractivity contribution >= 4 is 23.8 Å². The zero-order chi connectivity index (χ0) is 12.8. The summed E-state index contributed by atoms with van der Waals surface area (Å²) in [7, 11) is 1.73. The maximum absolute atomic E-state index is 12.0. The van der Waals surface area contributed by atoms with Gasteiger partial charge in [-0.25, -0.2) is 4.79 Å². The predicted octanol–water partition coefficient (Wildman–Crippen LogP) is 1.34. The summed E-state index contributed by atoms with van der Waals surface area (Å²) < 4.78 is 0. The highest BCUT2D eigenvalue weighted by atomic mass is 32.2. The molecule has 0 aromatic heterocycles. The van der Waals surface area contributed by atoms with E-state index in [1.807, 2.05) is 16.7 Å². The van der Waals surface area contributed by atoms with E-state index in [-0.39, 0.29) is 12.5 Å². The Kier molecular flexibility index (Phi) is 5.61. The summed E-state index contributed by atoms with van der Waals surface area (Å²) in [5, 5.41) is 9.02. The Morgan fingerprint density at radius 3 is 2.82 bits per heavy atom. The fraction of sp³-hybridized carbons (Fsp3) is 0.818. The molecule has 0 aromatic carbocycles. The lowest BCUT2D eigenvalue weighted by molar-refractivity contribution is -0.137. The molecule has 17 heavy (non-hydrogen) atoms. The van der Waals surface area contributed by atoms with E-state index in [1.165, 1.54) is 0 Å². The number of amides is 2. The number of carbonyl (C=O) groups is 2. The van der Waals surface area contributed by atoms with Crippen molar-refractivity contribution in [2.75, 3.05) is 32.4 Å². The molecule has 1 aliphatic heterocycles. The van der Waals surface area contributed by atoms with E-state index in [4.69, 9.17) is 5.11 Å². The second-order valence-corrected chi connectivity index (χ2v) is 5.88. The summed E-state index contributed by atoms with van der Waals surface area (Å²) >= 11 is 1.88. The van der Waals surface area contributed by atoms with Crippen LogP contribution < -0.4 is 0 Å². The van der Waals surface area contributed by atoms with Crippen molar-refractivity contribution in [1.29, 1.82) is 0 Å². The molecule has 0 spiro atoms. The van der Waals surface area contributed by atoms with E-state index >= 15 is 0 Å². The molecule has 0 saturated carbocycles. The van der Waals surface area contributed by atoms with Crippen LogP contribution in [0.2, 0.25) is 0 Å². The lowest BCUT2D eigenvalue weighted by Gasteiger charge is -2.33. The fourth-order valence-electron chi connectivity index (χ4n) is 1.80. The molecule has 0 bridgehead atoms. The molecule has 1 N–H and O–H groups in total. The topological polar surface area (TPSA) is 60.9 Å². The molecule has 0 aliphatic carbocycles. The van der Waals surface area contributed by atoms with Gasteiger partial charge in [0.25, 0.3) is 0 Å².